The molecule has 0 aliphatic heterocycles. The van der Waals surface area contributed by atoms with Crippen molar-refractivity contribution in [1.29, 1.82) is 0 Å². The molecule has 0 saturated carbocycles. The van der Waals surface area contributed by atoms with Gasteiger partial charge < -0.3 is 5.73 Å². The Balaban J connectivity index is 3.61. The quantitative estimate of drug-likeness (QED) is 0.665. The van der Waals surface area contributed by atoms with Gasteiger partial charge >= 0.3 is 6.18 Å². The standard InChI is InChI=1S/C9H7F5N2O/c10-8(11)4-2-16-6(1-15)7(5(4)3-17)9(12,13)14/h2-3,8H,1,15H2. The molecule has 0 spiro atoms. The molecule has 1 aromatic heterocycles. The second kappa shape index (κ2) is 4.74. The third kappa shape index (κ3) is 2.57. The van der Waals surface area contributed by atoms with Gasteiger partial charge in [-0.1, -0.05) is 0 Å². The molecule has 0 aromatic carbocycles. The first kappa shape index (κ1) is 13.5. The molecule has 0 bridgehead atoms. The van der Waals surface area contributed by atoms with Gasteiger partial charge in [-0.3, -0.25) is 9.78 Å². The van der Waals surface area contributed by atoms with Crippen LogP contribution < -0.4 is 5.73 Å². The number of alkyl halides is 5. The molecule has 94 valence electrons. The predicted molar refractivity (Wildman–Crippen MR) is 47.5 cm³/mol. The number of nitrogens with zero attached hydrogens (tertiary/aromatic N) is 1. The lowest BCUT2D eigenvalue weighted by atomic mass is 10.0. The van der Waals surface area contributed by atoms with Gasteiger partial charge in [0.05, 0.1) is 11.3 Å². The summed E-state index contributed by atoms with van der Waals surface area (Å²) in [5.41, 5.74) is 0.743. The van der Waals surface area contributed by atoms with Crippen LogP contribution in [0, 0.1) is 0 Å². The van der Waals surface area contributed by atoms with Crippen molar-refractivity contribution in [1.82, 2.24) is 4.98 Å². The molecular formula is C9H7F5N2O. The zero-order chi connectivity index (χ0) is 13.2. The zero-order valence-electron chi connectivity index (χ0n) is 8.26. The molecular weight excluding hydrogens is 247 g/mol. The molecule has 17 heavy (non-hydrogen) atoms. The third-order valence-corrected chi connectivity index (χ3v) is 2.06. The highest BCUT2D eigenvalue weighted by atomic mass is 19.4. The number of carbonyl (C=O) groups excluding carboxylic acids is 1. The van der Waals surface area contributed by atoms with Gasteiger partial charge in [-0.15, -0.1) is 0 Å². The van der Waals surface area contributed by atoms with Gasteiger partial charge in [0.1, 0.15) is 0 Å². The van der Waals surface area contributed by atoms with E-state index in [0.717, 1.165) is 0 Å². The van der Waals surface area contributed by atoms with Crippen molar-refractivity contribution in [3.05, 3.63) is 28.6 Å². The van der Waals surface area contributed by atoms with Crippen LogP contribution in [0.4, 0.5) is 22.0 Å². The minimum absolute atomic E-state index is 0.259. The molecule has 1 heterocycles. The molecule has 8 heteroatoms. The smallest absolute Gasteiger partial charge is 0.325 e. The third-order valence-electron chi connectivity index (χ3n) is 2.06. The summed E-state index contributed by atoms with van der Waals surface area (Å²) in [7, 11) is 0. The fourth-order valence-corrected chi connectivity index (χ4v) is 1.35. The van der Waals surface area contributed by atoms with Gasteiger partial charge in [0.15, 0.2) is 6.29 Å². The van der Waals surface area contributed by atoms with Crippen LogP contribution in [0.5, 0.6) is 0 Å². The number of halogens is 5. The van der Waals surface area contributed by atoms with Crippen molar-refractivity contribution in [2.75, 3.05) is 0 Å². The summed E-state index contributed by atoms with van der Waals surface area (Å²) in [5, 5.41) is 0. The van der Waals surface area contributed by atoms with Crippen LogP contribution in [-0.4, -0.2) is 11.3 Å². The largest absolute Gasteiger partial charge is 0.418 e. The summed E-state index contributed by atoms with van der Waals surface area (Å²) in [6.45, 7) is -0.598. The SMILES string of the molecule is NCc1ncc(C(F)F)c(C=O)c1C(F)(F)F. The summed E-state index contributed by atoms with van der Waals surface area (Å²) < 4.78 is 62.7. The molecule has 0 amide bonds. The van der Waals surface area contributed by atoms with E-state index in [4.69, 9.17) is 5.73 Å². The van der Waals surface area contributed by atoms with E-state index in [9.17, 15) is 26.7 Å². The van der Waals surface area contributed by atoms with Crippen LogP contribution in [0.15, 0.2) is 6.20 Å². The van der Waals surface area contributed by atoms with Crippen LogP contribution in [0.2, 0.25) is 0 Å². The Morgan fingerprint density at radius 3 is 2.35 bits per heavy atom. The average molecular weight is 254 g/mol. The van der Waals surface area contributed by atoms with Crippen LogP contribution in [0.25, 0.3) is 0 Å². The van der Waals surface area contributed by atoms with Crippen molar-refractivity contribution in [2.45, 2.75) is 19.1 Å². The monoisotopic (exact) mass is 254 g/mol. The van der Waals surface area contributed by atoms with Crippen molar-refractivity contribution in [2.24, 2.45) is 5.73 Å². The van der Waals surface area contributed by atoms with E-state index in [1.54, 1.807) is 0 Å². The second-order valence-corrected chi connectivity index (χ2v) is 3.07. The molecule has 0 atom stereocenters. The molecule has 1 aromatic rings. The van der Waals surface area contributed by atoms with Crippen LogP contribution in [0.3, 0.4) is 0 Å². The van der Waals surface area contributed by atoms with Gasteiger partial charge in [0, 0.05) is 23.9 Å². The van der Waals surface area contributed by atoms with Gasteiger partial charge in [-0.25, -0.2) is 8.78 Å². The minimum Gasteiger partial charge on any atom is -0.325 e. The van der Waals surface area contributed by atoms with E-state index in [2.05, 4.69) is 4.98 Å². The Bertz CT molecular complexity index is 430. The summed E-state index contributed by atoms with van der Waals surface area (Å²) in [5.74, 6) is 0. The number of pyridine rings is 1. The summed E-state index contributed by atoms with van der Waals surface area (Å²) in [6, 6.07) is 0. The normalized spacial score (nSPS) is 11.9. The number of aldehydes is 1. The lowest BCUT2D eigenvalue weighted by molar-refractivity contribution is -0.138. The van der Waals surface area contributed by atoms with Gasteiger partial charge in [0.2, 0.25) is 0 Å². The van der Waals surface area contributed by atoms with E-state index in [0.29, 0.717) is 6.20 Å². The van der Waals surface area contributed by atoms with Crippen LogP contribution in [0.1, 0.15) is 33.6 Å². The first-order valence-corrected chi connectivity index (χ1v) is 4.35. The van der Waals surface area contributed by atoms with E-state index in [1.807, 2.05) is 0 Å². The second-order valence-electron chi connectivity index (χ2n) is 3.07. The number of hydrogen-bond acceptors (Lipinski definition) is 3. The Kier molecular flexibility index (Phi) is 3.76. The van der Waals surface area contributed by atoms with Crippen LogP contribution >= 0.6 is 0 Å². The maximum absolute atomic E-state index is 12.6. The molecule has 0 aliphatic carbocycles. The Labute approximate surface area is 92.4 Å². The summed E-state index contributed by atoms with van der Waals surface area (Å²) >= 11 is 0. The van der Waals surface area contributed by atoms with Crippen molar-refractivity contribution >= 4 is 6.29 Å². The van der Waals surface area contributed by atoms with E-state index < -0.39 is 41.5 Å². The highest BCUT2D eigenvalue weighted by Gasteiger charge is 2.38. The number of hydrogen-bond donors (Lipinski definition) is 1. The van der Waals surface area contributed by atoms with Crippen LogP contribution in [-0.2, 0) is 12.7 Å². The van der Waals surface area contributed by atoms with Crippen molar-refractivity contribution in [3.63, 3.8) is 0 Å². The molecule has 0 aliphatic rings. The average Bonchev–Trinajstić information content (AvgIpc) is 2.25. The number of carbonyl (C=O) groups is 1. The highest BCUT2D eigenvalue weighted by Crippen LogP contribution is 2.36. The number of rotatable bonds is 3. The van der Waals surface area contributed by atoms with E-state index in [-0.39, 0.29) is 6.29 Å². The topological polar surface area (TPSA) is 56.0 Å². The summed E-state index contributed by atoms with van der Waals surface area (Å²) in [6.07, 6.45) is -7.89. The predicted octanol–water partition coefficient (Wildman–Crippen LogP) is 2.31. The summed E-state index contributed by atoms with van der Waals surface area (Å²) in [4.78, 5) is 13.8. The fourth-order valence-electron chi connectivity index (χ4n) is 1.35. The van der Waals surface area contributed by atoms with Crippen molar-refractivity contribution in [3.8, 4) is 0 Å². The van der Waals surface area contributed by atoms with Gasteiger partial charge in [-0.2, -0.15) is 13.2 Å². The maximum Gasteiger partial charge on any atom is 0.418 e. The van der Waals surface area contributed by atoms with E-state index in [1.165, 1.54) is 0 Å². The minimum atomic E-state index is -4.96. The lowest BCUT2D eigenvalue weighted by Crippen LogP contribution is -2.18. The molecule has 2 N–H and O–H groups in total. The Morgan fingerprint density at radius 1 is 1.41 bits per heavy atom. The van der Waals surface area contributed by atoms with Crippen molar-refractivity contribution < 1.29 is 26.7 Å². The Morgan fingerprint density at radius 2 is 2.00 bits per heavy atom. The molecule has 0 unspecified atom stereocenters. The number of nitrogens with two attached hydrogens (primary N) is 1. The highest BCUT2D eigenvalue weighted by molar-refractivity contribution is 5.80. The first-order chi connectivity index (χ1) is 7.82. The molecule has 0 fully saturated rings. The van der Waals surface area contributed by atoms with Gasteiger partial charge in [0.25, 0.3) is 6.43 Å². The maximum atomic E-state index is 12.6. The molecule has 0 saturated heterocycles. The Hall–Kier alpha value is -1.57. The van der Waals surface area contributed by atoms with Gasteiger partial charge in [-0.05, 0) is 0 Å². The molecule has 0 radical (unpaired) electrons. The fraction of sp³-hybridized carbons (Fsp3) is 0.333. The zero-order valence-corrected chi connectivity index (χ0v) is 8.26. The molecule has 3 nitrogen and oxygen atoms in total. The number of aromatic nitrogens is 1. The van der Waals surface area contributed by atoms with E-state index >= 15 is 0 Å². The lowest BCUT2D eigenvalue weighted by Gasteiger charge is -2.15. The first-order valence-electron chi connectivity index (χ1n) is 4.35. The molecule has 1 rings (SSSR count).